The second kappa shape index (κ2) is 6.75. The molecule has 1 aliphatic rings. The van der Waals surface area contributed by atoms with Crippen molar-refractivity contribution in [1.29, 1.82) is 0 Å². The normalized spacial score (nSPS) is 18.5. The van der Waals surface area contributed by atoms with Gasteiger partial charge in [-0.2, -0.15) is 0 Å². The van der Waals surface area contributed by atoms with Crippen molar-refractivity contribution in [1.82, 2.24) is 0 Å². The summed E-state index contributed by atoms with van der Waals surface area (Å²) in [5, 5.41) is 0. The quantitative estimate of drug-likeness (QED) is 0.765. The van der Waals surface area contributed by atoms with Gasteiger partial charge in [-0.25, -0.2) is 9.18 Å². The number of aryl methyl sites for hydroxylation is 1. The number of carbonyl (C=O) groups excluding carboxylic acids is 1. The molecule has 0 saturated heterocycles. The lowest BCUT2D eigenvalue weighted by atomic mass is 9.71. The summed E-state index contributed by atoms with van der Waals surface area (Å²) >= 11 is 0. The van der Waals surface area contributed by atoms with Crippen LogP contribution in [0.3, 0.4) is 0 Å². The van der Waals surface area contributed by atoms with E-state index in [4.69, 9.17) is 10.5 Å². The van der Waals surface area contributed by atoms with Gasteiger partial charge < -0.3 is 10.5 Å². The van der Waals surface area contributed by atoms with E-state index in [9.17, 15) is 9.18 Å². The third-order valence-corrected chi connectivity index (χ3v) is 5.38. The van der Waals surface area contributed by atoms with E-state index in [2.05, 4.69) is 13.8 Å². The Kier molecular flexibility index (Phi) is 4.78. The molecule has 1 amide bonds. The zero-order valence-electron chi connectivity index (χ0n) is 15.8. The SMILES string of the molecule is CC(C)c1ccc(-c2cc3c(cc2F)[C@H](OC(N)=O)C(C)(C)CC3)cc1. The van der Waals surface area contributed by atoms with Crippen molar-refractivity contribution < 1.29 is 13.9 Å². The van der Waals surface area contributed by atoms with E-state index in [1.807, 2.05) is 44.2 Å². The third kappa shape index (κ3) is 3.46. The van der Waals surface area contributed by atoms with E-state index in [1.165, 1.54) is 11.6 Å². The molecule has 138 valence electrons. The van der Waals surface area contributed by atoms with Gasteiger partial charge >= 0.3 is 6.09 Å². The molecule has 0 fully saturated rings. The first kappa shape index (κ1) is 18.4. The molecule has 3 rings (SSSR count). The van der Waals surface area contributed by atoms with Crippen LogP contribution >= 0.6 is 0 Å². The van der Waals surface area contributed by atoms with Gasteiger partial charge in [0, 0.05) is 11.0 Å². The summed E-state index contributed by atoms with van der Waals surface area (Å²) in [5.74, 6) is 0.128. The van der Waals surface area contributed by atoms with Crippen LogP contribution in [0.15, 0.2) is 36.4 Å². The van der Waals surface area contributed by atoms with Gasteiger partial charge in [0.25, 0.3) is 0 Å². The minimum absolute atomic E-state index is 0.283. The average Bonchev–Trinajstić information content (AvgIpc) is 2.57. The van der Waals surface area contributed by atoms with Gasteiger partial charge in [-0.3, -0.25) is 0 Å². The highest BCUT2D eigenvalue weighted by Gasteiger charge is 2.39. The molecular formula is C22H26FNO2. The Labute approximate surface area is 154 Å². The lowest BCUT2D eigenvalue weighted by Crippen LogP contribution is -2.33. The monoisotopic (exact) mass is 355 g/mol. The van der Waals surface area contributed by atoms with Gasteiger partial charge in [-0.1, -0.05) is 52.0 Å². The molecule has 2 aromatic rings. The van der Waals surface area contributed by atoms with Crippen molar-refractivity contribution in [2.45, 2.75) is 52.6 Å². The van der Waals surface area contributed by atoms with E-state index in [-0.39, 0.29) is 11.2 Å². The Hall–Kier alpha value is -2.36. The zero-order valence-corrected chi connectivity index (χ0v) is 15.8. The van der Waals surface area contributed by atoms with Crippen LogP contribution in [-0.2, 0) is 11.2 Å². The molecule has 1 atom stereocenters. The molecule has 2 N–H and O–H groups in total. The third-order valence-electron chi connectivity index (χ3n) is 5.38. The fourth-order valence-corrected chi connectivity index (χ4v) is 3.71. The number of amides is 1. The van der Waals surface area contributed by atoms with Crippen molar-refractivity contribution >= 4 is 6.09 Å². The largest absolute Gasteiger partial charge is 0.441 e. The number of carbonyl (C=O) groups is 1. The number of hydrogen-bond donors (Lipinski definition) is 1. The molecule has 0 bridgehead atoms. The van der Waals surface area contributed by atoms with Gasteiger partial charge in [0.05, 0.1) is 0 Å². The first-order valence-corrected chi connectivity index (χ1v) is 9.08. The Morgan fingerprint density at radius 3 is 2.46 bits per heavy atom. The Morgan fingerprint density at radius 2 is 1.88 bits per heavy atom. The van der Waals surface area contributed by atoms with Crippen molar-refractivity contribution in [3.63, 3.8) is 0 Å². The van der Waals surface area contributed by atoms with E-state index < -0.39 is 12.2 Å². The number of nitrogens with two attached hydrogens (primary N) is 1. The van der Waals surface area contributed by atoms with E-state index in [0.717, 1.165) is 29.5 Å². The molecule has 1 aliphatic carbocycles. The molecule has 0 saturated carbocycles. The van der Waals surface area contributed by atoms with Gasteiger partial charge in [0.2, 0.25) is 0 Å². The van der Waals surface area contributed by atoms with Crippen molar-refractivity contribution in [3.05, 3.63) is 58.9 Å². The maximum absolute atomic E-state index is 14.9. The minimum Gasteiger partial charge on any atom is -0.441 e. The smallest absolute Gasteiger partial charge is 0.405 e. The van der Waals surface area contributed by atoms with Crippen molar-refractivity contribution in [2.75, 3.05) is 0 Å². The highest BCUT2D eigenvalue weighted by Crippen LogP contribution is 2.47. The molecule has 2 aromatic carbocycles. The van der Waals surface area contributed by atoms with Crippen LogP contribution in [0, 0.1) is 11.2 Å². The summed E-state index contributed by atoms with van der Waals surface area (Å²) in [5.41, 5.74) is 9.36. The summed E-state index contributed by atoms with van der Waals surface area (Å²) in [6.45, 7) is 8.30. The van der Waals surface area contributed by atoms with E-state index in [0.29, 0.717) is 11.5 Å². The van der Waals surface area contributed by atoms with Gasteiger partial charge in [-0.05, 0) is 53.1 Å². The second-order valence-electron chi connectivity index (χ2n) is 8.11. The van der Waals surface area contributed by atoms with Gasteiger partial charge in [0.15, 0.2) is 0 Å². The predicted octanol–water partition coefficient (Wildman–Crippen LogP) is 5.72. The van der Waals surface area contributed by atoms with Crippen molar-refractivity contribution in [3.8, 4) is 11.1 Å². The molecule has 0 aromatic heterocycles. The van der Waals surface area contributed by atoms with Crippen LogP contribution in [0.5, 0.6) is 0 Å². The molecule has 0 spiro atoms. The number of primary amides is 1. The summed E-state index contributed by atoms with van der Waals surface area (Å²) in [7, 11) is 0. The summed E-state index contributed by atoms with van der Waals surface area (Å²) in [4.78, 5) is 11.3. The van der Waals surface area contributed by atoms with Crippen LogP contribution in [0.25, 0.3) is 11.1 Å². The first-order valence-electron chi connectivity index (χ1n) is 9.08. The predicted molar refractivity (Wildman–Crippen MR) is 101 cm³/mol. The van der Waals surface area contributed by atoms with Crippen LogP contribution < -0.4 is 5.73 Å². The first-order chi connectivity index (χ1) is 12.2. The van der Waals surface area contributed by atoms with Crippen LogP contribution in [0.1, 0.15) is 62.8 Å². The number of ether oxygens (including phenoxy) is 1. The van der Waals surface area contributed by atoms with Crippen LogP contribution in [-0.4, -0.2) is 6.09 Å². The number of halogens is 1. The highest BCUT2D eigenvalue weighted by molar-refractivity contribution is 5.68. The Morgan fingerprint density at radius 1 is 1.23 bits per heavy atom. The molecular weight excluding hydrogens is 329 g/mol. The van der Waals surface area contributed by atoms with E-state index in [1.54, 1.807) is 0 Å². The molecule has 0 aliphatic heterocycles. The Balaban J connectivity index is 2.03. The highest BCUT2D eigenvalue weighted by atomic mass is 19.1. The maximum atomic E-state index is 14.9. The van der Waals surface area contributed by atoms with Crippen LogP contribution in [0.4, 0.5) is 9.18 Å². The van der Waals surface area contributed by atoms with Gasteiger partial charge in [-0.15, -0.1) is 0 Å². The number of hydrogen-bond acceptors (Lipinski definition) is 2. The molecule has 4 heteroatoms. The standard InChI is InChI=1S/C22H26FNO2/c1-13(2)14-5-7-15(8-6-14)17-11-16-9-10-22(3,4)20(26-21(24)25)18(16)12-19(17)23/h5-8,11-13,20H,9-10H2,1-4H3,(H2,24,25)/t20-/m0/s1. The molecule has 0 radical (unpaired) electrons. The fourth-order valence-electron chi connectivity index (χ4n) is 3.71. The minimum atomic E-state index is -0.829. The lowest BCUT2D eigenvalue weighted by molar-refractivity contribution is 0.0145. The zero-order chi connectivity index (χ0) is 19.1. The average molecular weight is 355 g/mol. The number of benzene rings is 2. The number of rotatable bonds is 3. The summed E-state index contributed by atoms with van der Waals surface area (Å²) < 4.78 is 20.3. The lowest BCUT2D eigenvalue weighted by Gasteiger charge is -2.39. The molecule has 26 heavy (non-hydrogen) atoms. The maximum Gasteiger partial charge on any atom is 0.405 e. The molecule has 0 unspecified atom stereocenters. The summed E-state index contributed by atoms with van der Waals surface area (Å²) in [6, 6.07) is 11.4. The topological polar surface area (TPSA) is 52.3 Å². The van der Waals surface area contributed by atoms with Gasteiger partial charge in [0.1, 0.15) is 11.9 Å². The van der Waals surface area contributed by atoms with E-state index >= 15 is 0 Å². The molecule has 0 heterocycles. The van der Waals surface area contributed by atoms with Crippen molar-refractivity contribution in [2.24, 2.45) is 11.1 Å². The fraction of sp³-hybridized carbons (Fsp3) is 0.409. The Bertz CT molecular complexity index is 825. The second-order valence-corrected chi connectivity index (χ2v) is 8.11. The number of fused-ring (bicyclic) bond motifs is 1. The van der Waals surface area contributed by atoms with Crippen LogP contribution in [0.2, 0.25) is 0 Å². The summed E-state index contributed by atoms with van der Waals surface area (Å²) in [6.07, 6.45) is 0.300. The molecule has 3 nitrogen and oxygen atoms in total.